The van der Waals surface area contributed by atoms with Crippen molar-refractivity contribution in [3.63, 3.8) is 0 Å². The average molecular weight is 309 g/mol. The van der Waals surface area contributed by atoms with E-state index in [1.165, 1.54) is 17.5 Å². The van der Waals surface area contributed by atoms with Crippen LogP contribution in [0.5, 0.6) is 0 Å². The van der Waals surface area contributed by atoms with E-state index in [0.29, 0.717) is 10.4 Å². The minimum Gasteiger partial charge on any atom is -0.361 e. The molecule has 1 amide bonds. The van der Waals surface area contributed by atoms with Gasteiger partial charge in [0.05, 0.1) is 10.2 Å². The molecule has 1 aromatic carbocycles. The molecule has 0 atom stereocenters. The zero-order valence-electron chi connectivity index (χ0n) is 11.3. The molecule has 22 heavy (non-hydrogen) atoms. The van der Waals surface area contributed by atoms with Crippen LogP contribution in [0.3, 0.4) is 0 Å². The number of nitrogens with one attached hydrogen (secondary N) is 3. The lowest BCUT2D eigenvalue weighted by molar-refractivity contribution is 0.102. The van der Waals surface area contributed by atoms with E-state index in [0.717, 1.165) is 16.4 Å². The van der Waals surface area contributed by atoms with Crippen LogP contribution in [0.2, 0.25) is 0 Å². The molecule has 4 rings (SSSR count). The summed E-state index contributed by atoms with van der Waals surface area (Å²) in [4.78, 5) is 30.7. The molecule has 3 aromatic heterocycles. The highest BCUT2D eigenvalue weighted by atomic mass is 32.1. The molecule has 0 saturated heterocycles. The van der Waals surface area contributed by atoms with Gasteiger partial charge in [-0.15, -0.1) is 11.3 Å². The molecule has 0 aliphatic rings. The summed E-state index contributed by atoms with van der Waals surface area (Å²) in [6.45, 7) is 0. The van der Waals surface area contributed by atoms with Gasteiger partial charge in [-0.25, -0.2) is 0 Å². The Kier molecular flexibility index (Phi) is 2.83. The van der Waals surface area contributed by atoms with E-state index in [4.69, 9.17) is 0 Å². The predicted molar refractivity (Wildman–Crippen MR) is 88.7 cm³/mol. The number of thiophene rings is 1. The first kappa shape index (κ1) is 12.8. The summed E-state index contributed by atoms with van der Waals surface area (Å²) in [5.41, 5.74) is 2.19. The Morgan fingerprint density at radius 1 is 1.09 bits per heavy atom. The fourth-order valence-electron chi connectivity index (χ4n) is 2.43. The second-order valence-corrected chi connectivity index (χ2v) is 5.84. The molecule has 0 aliphatic heterocycles. The lowest BCUT2D eigenvalue weighted by Gasteiger charge is -2.05. The number of carbonyl (C=O) groups is 1. The van der Waals surface area contributed by atoms with Crippen LogP contribution in [0.15, 0.2) is 52.9 Å². The van der Waals surface area contributed by atoms with Crippen LogP contribution in [-0.4, -0.2) is 15.9 Å². The maximum Gasteiger partial charge on any atom is 0.261 e. The molecule has 0 radical (unpaired) electrons. The summed E-state index contributed by atoms with van der Waals surface area (Å²) in [5, 5.41) is 5.65. The summed E-state index contributed by atoms with van der Waals surface area (Å²) < 4.78 is 0.562. The van der Waals surface area contributed by atoms with Crippen molar-refractivity contribution in [3.8, 4) is 0 Å². The van der Waals surface area contributed by atoms with Gasteiger partial charge in [-0.3, -0.25) is 9.59 Å². The number of aromatic amines is 2. The summed E-state index contributed by atoms with van der Waals surface area (Å²) in [6.07, 6.45) is 3.30. The summed E-state index contributed by atoms with van der Waals surface area (Å²) >= 11 is 1.33. The molecule has 0 unspecified atom stereocenters. The van der Waals surface area contributed by atoms with Gasteiger partial charge in [-0.2, -0.15) is 0 Å². The molecule has 3 N–H and O–H groups in total. The Hall–Kier alpha value is -2.86. The monoisotopic (exact) mass is 309 g/mol. The molecule has 4 aromatic rings. The highest BCUT2D eigenvalue weighted by Gasteiger charge is 2.14. The normalized spacial score (nSPS) is 11.1. The van der Waals surface area contributed by atoms with Gasteiger partial charge < -0.3 is 15.3 Å². The SMILES string of the molecule is O=C(Nc1ccc2cc[nH]c2c1)c1c[nH]c2ccsc2c1=O. The molecular formula is C16H11N3O2S. The van der Waals surface area contributed by atoms with Crippen LogP contribution >= 0.6 is 11.3 Å². The summed E-state index contributed by atoms with van der Waals surface area (Å²) in [5.74, 6) is -0.414. The lowest BCUT2D eigenvalue weighted by Crippen LogP contribution is -2.21. The maximum absolute atomic E-state index is 12.3. The number of aromatic nitrogens is 2. The van der Waals surface area contributed by atoms with E-state index >= 15 is 0 Å². The first-order valence-corrected chi connectivity index (χ1v) is 7.58. The van der Waals surface area contributed by atoms with Gasteiger partial charge in [-0.05, 0) is 35.0 Å². The Labute approximate surface area is 128 Å². The van der Waals surface area contributed by atoms with E-state index in [2.05, 4.69) is 15.3 Å². The summed E-state index contributed by atoms with van der Waals surface area (Å²) in [6, 6.07) is 9.34. The first-order chi connectivity index (χ1) is 10.7. The Morgan fingerprint density at radius 3 is 2.91 bits per heavy atom. The van der Waals surface area contributed by atoms with Crippen molar-refractivity contribution in [2.75, 3.05) is 5.32 Å². The number of amides is 1. The van der Waals surface area contributed by atoms with Crippen LogP contribution in [0.4, 0.5) is 5.69 Å². The van der Waals surface area contributed by atoms with Gasteiger partial charge in [-0.1, -0.05) is 6.07 Å². The fraction of sp³-hybridized carbons (Fsp3) is 0. The third-order valence-electron chi connectivity index (χ3n) is 3.55. The molecule has 108 valence electrons. The Bertz CT molecular complexity index is 1060. The zero-order valence-corrected chi connectivity index (χ0v) is 12.2. The quantitative estimate of drug-likeness (QED) is 0.531. The molecule has 0 aliphatic carbocycles. The van der Waals surface area contributed by atoms with Crippen LogP contribution in [0, 0.1) is 0 Å². The third kappa shape index (κ3) is 2.01. The van der Waals surface area contributed by atoms with E-state index in [9.17, 15) is 9.59 Å². The minimum absolute atomic E-state index is 0.113. The maximum atomic E-state index is 12.3. The van der Waals surface area contributed by atoms with Crippen molar-refractivity contribution >= 4 is 44.1 Å². The van der Waals surface area contributed by atoms with E-state index < -0.39 is 5.91 Å². The van der Waals surface area contributed by atoms with Gasteiger partial charge in [0.2, 0.25) is 5.43 Å². The number of H-pyrrole nitrogens is 2. The topological polar surface area (TPSA) is 77.8 Å². The van der Waals surface area contributed by atoms with Crippen molar-refractivity contribution in [2.24, 2.45) is 0 Å². The van der Waals surface area contributed by atoms with Crippen molar-refractivity contribution < 1.29 is 4.79 Å². The van der Waals surface area contributed by atoms with Gasteiger partial charge >= 0.3 is 0 Å². The number of fused-ring (bicyclic) bond motifs is 2. The number of carbonyl (C=O) groups excluding carboxylic acids is 1. The minimum atomic E-state index is -0.414. The average Bonchev–Trinajstić information content (AvgIpc) is 3.15. The number of hydrogen-bond acceptors (Lipinski definition) is 3. The highest BCUT2D eigenvalue weighted by Crippen LogP contribution is 2.19. The van der Waals surface area contributed by atoms with Gasteiger partial charge in [0.15, 0.2) is 0 Å². The molecule has 0 bridgehead atoms. The van der Waals surface area contributed by atoms with Crippen molar-refractivity contribution in [3.05, 3.63) is 63.9 Å². The van der Waals surface area contributed by atoms with E-state index in [-0.39, 0.29) is 11.0 Å². The Balaban J connectivity index is 1.70. The Morgan fingerprint density at radius 2 is 2.00 bits per heavy atom. The van der Waals surface area contributed by atoms with Gasteiger partial charge in [0.1, 0.15) is 5.56 Å². The number of anilines is 1. The first-order valence-electron chi connectivity index (χ1n) is 6.70. The van der Waals surface area contributed by atoms with Crippen molar-refractivity contribution in [1.82, 2.24) is 9.97 Å². The largest absolute Gasteiger partial charge is 0.361 e. The van der Waals surface area contributed by atoms with E-state index in [1.807, 2.05) is 41.9 Å². The van der Waals surface area contributed by atoms with Gasteiger partial charge in [0.25, 0.3) is 5.91 Å². The van der Waals surface area contributed by atoms with Crippen molar-refractivity contribution in [1.29, 1.82) is 0 Å². The molecule has 5 nitrogen and oxygen atoms in total. The zero-order chi connectivity index (χ0) is 15.1. The number of rotatable bonds is 2. The smallest absolute Gasteiger partial charge is 0.261 e. The second kappa shape index (κ2) is 4.85. The van der Waals surface area contributed by atoms with Crippen LogP contribution < -0.4 is 10.7 Å². The van der Waals surface area contributed by atoms with Gasteiger partial charge in [0, 0.05) is 23.6 Å². The van der Waals surface area contributed by atoms with Crippen LogP contribution in [0.1, 0.15) is 10.4 Å². The number of hydrogen-bond donors (Lipinski definition) is 3. The summed E-state index contributed by atoms with van der Waals surface area (Å²) in [7, 11) is 0. The fourth-order valence-corrected chi connectivity index (χ4v) is 3.24. The number of pyridine rings is 1. The van der Waals surface area contributed by atoms with Crippen LogP contribution in [0.25, 0.3) is 21.1 Å². The standard InChI is InChI=1S/C16H11N3O2S/c20-14-11(8-18-12-4-6-22-15(12)14)16(21)19-10-2-1-9-3-5-17-13(9)7-10/h1-8,17H,(H,18,20)(H,19,21). The molecule has 6 heteroatoms. The molecule has 3 heterocycles. The molecule has 0 saturated carbocycles. The lowest BCUT2D eigenvalue weighted by atomic mass is 10.2. The molecular weight excluding hydrogens is 298 g/mol. The number of benzene rings is 1. The third-order valence-corrected chi connectivity index (χ3v) is 4.46. The van der Waals surface area contributed by atoms with Crippen molar-refractivity contribution in [2.45, 2.75) is 0 Å². The van der Waals surface area contributed by atoms with Crippen LogP contribution in [-0.2, 0) is 0 Å². The van der Waals surface area contributed by atoms with E-state index in [1.54, 1.807) is 0 Å². The molecule has 0 fully saturated rings. The second-order valence-electron chi connectivity index (χ2n) is 4.93. The highest BCUT2D eigenvalue weighted by molar-refractivity contribution is 7.17. The predicted octanol–water partition coefficient (Wildman–Crippen LogP) is 3.32. The molecule has 0 spiro atoms.